The van der Waals surface area contributed by atoms with Crippen LogP contribution in [-0.2, 0) is 16.1 Å². The molecule has 2 aromatic carbocycles. The summed E-state index contributed by atoms with van der Waals surface area (Å²) in [6, 6.07) is 14.7. The van der Waals surface area contributed by atoms with Crippen LogP contribution in [0, 0.1) is 6.92 Å². The average Bonchev–Trinajstić information content (AvgIpc) is 2.72. The van der Waals surface area contributed by atoms with Crippen molar-refractivity contribution in [2.45, 2.75) is 52.7 Å². The SMILES string of the molecule is CC[C@@H](C)NC(=O)[C@@H](C)N(Cc1ccccc1)C(=O)COc1ccc(Br)c(C)c1. The zero-order valence-corrected chi connectivity index (χ0v) is 19.0. The molecule has 29 heavy (non-hydrogen) atoms. The van der Waals surface area contributed by atoms with Gasteiger partial charge in [0.2, 0.25) is 5.91 Å². The number of hydrogen-bond acceptors (Lipinski definition) is 3. The molecule has 0 aromatic heterocycles. The van der Waals surface area contributed by atoms with Crippen molar-refractivity contribution < 1.29 is 14.3 Å². The summed E-state index contributed by atoms with van der Waals surface area (Å²) < 4.78 is 6.69. The lowest BCUT2D eigenvalue weighted by atomic mass is 10.1. The van der Waals surface area contributed by atoms with E-state index < -0.39 is 6.04 Å². The van der Waals surface area contributed by atoms with Crippen molar-refractivity contribution in [3.8, 4) is 5.75 Å². The largest absolute Gasteiger partial charge is 0.484 e. The van der Waals surface area contributed by atoms with E-state index in [-0.39, 0.29) is 24.5 Å². The van der Waals surface area contributed by atoms with Crippen LogP contribution in [-0.4, -0.2) is 35.4 Å². The van der Waals surface area contributed by atoms with Crippen LogP contribution in [0.15, 0.2) is 53.0 Å². The molecule has 2 aromatic rings. The lowest BCUT2D eigenvalue weighted by Crippen LogP contribution is -2.50. The smallest absolute Gasteiger partial charge is 0.261 e. The second-order valence-electron chi connectivity index (χ2n) is 7.20. The number of nitrogens with zero attached hydrogens (tertiary/aromatic N) is 1. The highest BCUT2D eigenvalue weighted by Gasteiger charge is 2.27. The number of nitrogens with one attached hydrogen (secondary N) is 1. The van der Waals surface area contributed by atoms with E-state index in [0.29, 0.717) is 12.3 Å². The molecule has 0 aliphatic heterocycles. The fourth-order valence-electron chi connectivity index (χ4n) is 2.76. The van der Waals surface area contributed by atoms with Crippen molar-refractivity contribution in [1.29, 1.82) is 0 Å². The minimum absolute atomic E-state index is 0.0561. The molecule has 0 saturated carbocycles. The van der Waals surface area contributed by atoms with E-state index in [1.807, 2.05) is 69.3 Å². The third-order valence-corrected chi connectivity index (χ3v) is 5.75. The molecule has 6 heteroatoms. The highest BCUT2D eigenvalue weighted by molar-refractivity contribution is 9.10. The summed E-state index contributed by atoms with van der Waals surface area (Å²) in [6.45, 7) is 7.89. The third-order valence-electron chi connectivity index (χ3n) is 4.86. The fraction of sp³-hybridized carbons (Fsp3) is 0.391. The third kappa shape index (κ3) is 6.89. The number of amides is 2. The molecular formula is C23H29BrN2O3. The van der Waals surface area contributed by atoms with Gasteiger partial charge in [0.05, 0.1) is 0 Å². The molecule has 2 amide bonds. The van der Waals surface area contributed by atoms with Gasteiger partial charge in [-0.3, -0.25) is 9.59 Å². The molecular weight excluding hydrogens is 432 g/mol. The van der Waals surface area contributed by atoms with Gasteiger partial charge in [-0.25, -0.2) is 0 Å². The Labute approximate surface area is 181 Å². The zero-order chi connectivity index (χ0) is 21.4. The molecule has 0 heterocycles. The van der Waals surface area contributed by atoms with Crippen molar-refractivity contribution in [1.82, 2.24) is 10.2 Å². The van der Waals surface area contributed by atoms with Crippen LogP contribution in [0.5, 0.6) is 5.75 Å². The number of carbonyl (C=O) groups excluding carboxylic acids is 2. The summed E-state index contributed by atoms with van der Waals surface area (Å²) >= 11 is 3.45. The highest BCUT2D eigenvalue weighted by Crippen LogP contribution is 2.21. The molecule has 5 nitrogen and oxygen atoms in total. The monoisotopic (exact) mass is 460 g/mol. The Kier molecular flexibility index (Phi) is 8.70. The van der Waals surface area contributed by atoms with Gasteiger partial charge in [0, 0.05) is 17.1 Å². The maximum Gasteiger partial charge on any atom is 0.261 e. The normalized spacial score (nSPS) is 12.7. The van der Waals surface area contributed by atoms with Gasteiger partial charge in [-0.05, 0) is 56.5 Å². The summed E-state index contributed by atoms with van der Waals surface area (Å²) in [6.07, 6.45) is 0.830. The fourth-order valence-corrected chi connectivity index (χ4v) is 3.01. The van der Waals surface area contributed by atoms with Gasteiger partial charge in [-0.15, -0.1) is 0 Å². The predicted octanol–water partition coefficient (Wildman–Crippen LogP) is 4.47. The van der Waals surface area contributed by atoms with Crippen LogP contribution < -0.4 is 10.1 Å². The lowest BCUT2D eigenvalue weighted by molar-refractivity contribution is -0.142. The molecule has 2 atom stereocenters. The van der Waals surface area contributed by atoms with E-state index in [0.717, 1.165) is 22.0 Å². The van der Waals surface area contributed by atoms with Crippen molar-refractivity contribution >= 4 is 27.7 Å². The number of halogens is 1. The maximum absolute atomic E-state index is 13.0. The van der Waals surface area contributed by atoms with E-state index >= 15 is 0 Å². The minimum Gasteiger partial charge on any atom is -0.484 e. The Balaban J connectivity index is 2.12. The standard InChI is InChI=1S/C23H29BrN2O3/c1-5-17(3)25-23(28)18(4)26(14-19-9-7-6-8-10-19)22(27)15-29-20-11-12-21(24)16(2)13-20/h6-13,17-18H,5,14-15H2,1-4H3,(H,25,28)/t17-,18-/m1/s1. The van der Waals surface area contributed by atoms with Crippen molar-refractivity contribution in [2.75, 3.05) is 6.61 Å². The highest BCUT2D eigenvalue weighted by atomic mass is 79.9. The number of ether oxygens (including phenoxy) is 1. The van der Waals surface area contributed by atoms with Crippen molar-refractivity contribution in [3.63, 3.8) is 0 Å². The van der Waals surface area contributed by atoms with Gasteiger partial charge < -0.3 is 15.0 Å². The van der Waals surface area contributed by atoms with Crippen LogP contribution in [0.25, 0.3) is 0 Å². The first kappa shape index (κ1) is 22.9. The number of benzene rings is 2. The molecule has 0 bridgehead atoms. The molecule has 2 rings (SSSR count). The van der Waals surface area contributed by atoms with Gasteiger partial charge in [-0.2, -0.15) is 0 Å². The van der Waals surface area contributed by atoms with E-state index in [1.54, 1.807) is 11.8 Å². The van der Waals surface area contributed by atoms with Crippen LogP contribution >= 0.6 is 15.9 Å². The summed E-state index contributed by atoms with van der Waals surface area (Å²) in [7, 11) is 0. The minimum atomic E-state index is -0.605. The Morgan fingerprint density at radius 2 is 1.83 bits per heavy atom. The molecule has 1 N–H and O–H groups in total. The Morgan fingerprint density at radius 3 is 2.45 bits per heavy atom. The van der Waals surface area contributed by atoms with Gasteiger partial charge in [-0.1, -0.05) is 53.2 Å². The summed E-state index contributed by atoms with van der Waals surface area (Å²) in [4.78, 5) is 27.2. The molecule has 0 spiro atoms. The first-order chi connectivity index (χ1) is 13.8. The van der Waals surface area contributed by atoms with Gasteiger partial charge in [0.25, 0.3) is 5.91 Å². The zero-order valence-electron chi connectivity index (χ0n) is 17.4. The lowest BCUT2D eigenvalue weighted by Gasteiger charge is -2.29. The van der Waals surface area contributed by atoms with E-state index in [2.05, 4.69) is 21.2 Å². The summed E-state index contributed by atoms with van der Waals surface area (Å²) in [5.74, 6) is 0.222. The van der Waals surface area contributed by atoms with Crippen molar-refractivity contribution in [3.05, 3.63) is 64.1 Å². The Morgan fingerprint density at radius 1 is 1.14 bits per heavy atom. The Bertz CT molecular complexity index is 826. The first-order valence-corrected chi connectivity index (χ1v) is 10.6. The van der Waals surface area contributed by atoms with Crippen LogP contribution in [0.3, 0.4) is 0 Å². The molecule has 0 saturated heterocycles. The van der Waals surface area contributed by atoms with Crippen LogP contribution in [0.2, 0.25) is 0 Å². The summed E-state index contributed by atoms with van der Waals surface area (Å²) in [5, 5.41) is 2.96. The van der Waals surface area contributed by atoms with Gasteiger partial charge in [0.1, 0.15) is 11.8 Å². The first-order valence-electron chi connectivity index (χ1n) is 9.84. The number of rotatable bonds is 9. The molecule has 0 aliphatic rings. The van der Waals surface area contributed by atoms with Crippen molar-refractivity contribution in [2.24, 2.45) is 0 Å². The molecule has 0 fully saturated rings. The second kappa shape index (κ2) is 11.0. The molecule has 0 radical (unpaired) electrons. The van der Waals surface area contributed by atoms with E-state index in [4.69, 9.17) is 4.74 Å². The average molecular weight is 461 g/mol. The van der Waals surface area contributed by atoms with E-state index in [1.165, 1.54) is 0 Å². The maximum atomic E-state index is 13.0. The second-order valence-corrected chi connectivity index (χ2v) is 8.06. The Hall–Kier alpha value is -2.34. The summed E-state index contributed by atoms with van der Waals surface area (Å²) in [5.41, 5.74) is 1.99. The van der Waals surface area contributed by atoms with Gasteiger partial charge in [0.15, 0.2) is 6.61 Å². The predicted molar refractivity (Wildman–Crippen MR) is 119 cm³/mol. The van der Waals surface area contributed by atoms with Crippen LogP contribution in [0.4, 0.5) is 0 Å². The topological polar surface area (TPSA) is 58.6 Å². The molecule has 156 valence electrons. The molecule has 0 unspecified atom stereocenters. The van der Waals surface area contributed by atoms with Crippen LogP contribution in [0.1, 0.15) is 38.3 Å². The number of carbonyl (C=O) groups is 2. The number of hydrogen-bond donors (Lipinski definition) is 1. The molecule has 0 aliphatic carbocycles. The quantitative estimate of drug-likeness (QED) is 0.600. The van der Waals surface area contributed by atoms with E-state index in [9.17, 15) is 9.59 Å². The number of aryl methyl sites for hydroxylation is 1. The van der Waals surface area contributed by atoms with Gasteiger partial charge >= 0.3 is 0 Å².